The van der Waals surface area contributed by atoms with Crippen LogP contribution in [0.25, 0.3) is 0 Å². The molecular formula is C21H18FNO3S. The summed E-state index contributed by atoms with van der Waals surface area (Å²) in [5, 5.41) is 4.88. The molecule has 138 valence electrons. The highest BCUT2D eigenvalue weighted by atomic mass is 32.1. The first-order chi connectivity index (χ1) is 13.2. The predicted molar refractivity (Wildman–Crippen MR) is 103 cm³/mol. The first-order valence-corrected chi connectivity index (χ1v) is 9.45. The highest BCUT2D eigenvalue weighted by Crippen LogP contribution is 2.46. The number of halogens is 1. The van der Waals surface area contributed by atoms with Crippen LogP contribution in [0.5, 0.6) is 11.5 Å². The molecule has 0 unspecified atom stereocenters. The summed E-state index contributed by atoms with van der Waals surface area (Å²) in [6.07, 6.45) is 0.344. The van der Waals surface area contributed by atoms with Gasteiger partial charge in [0.2, 0.25) is 5.91 Å². The van der Waals surface area contributed by atoms with E-state index in [0.29, 0.717) is 17.9 Å². The average molecular weight is 383 g/mol. The Labute approximate surface area is 160 Å². The minimum Gasteiger partial charge on any atom is -0.493 e. The first kappa shape index (κ1) is 17.5. The molecule has 0 fully saturated rings. The van der Waals surface area contributed by atoms with E-state index < -0.39 is 0 Å². The van der Waals surface area contributed by atoms with E-state index in [1.165, 1.54) is 12.1 Å². The van der Waals surface area contributed by atoms with Crippen LogP contribution in [-0.2, 0) is 11.4 Å². The zero-order valence-electron chi connectivity index (χ0n) is 14.7. The number of nitrogens with one attached hydrogen (secondary N) is 1. The molecule has 2 aromatic carbocycles. The van der Waals surface area contributed by atoms with Gasteiger partial charge < -0.3 is 14.8 Å². The number of thiophene rings is 1. The van der Waals surface area contributed by atoms with Crippen LogP contribution < -0.4 is 14.8 Å². The minimum absolute atomic E-state index is 0.0233. The number of methoxy groups -OCH3 is 1. The van der Waals surface area contributed by atoms with Crippen LogP contribution in [0.4, 0.5) is 10.1 Å². The van der Waals surface area contributed by atoms with Crippen molar-refractivity contribution in [3.63, 3.8) is 0 Å². The maximum absolute atomic E-state index is 13.5. The highest BCUT2D eigenvalue weighted by molar-refractivity contribution is 7.10. The molecule has 1 amide bonds. The number of hydrogen-bond donors (Lipinski definition) is 1. The Balaban J connectivity index is 1.71. The summed E-state index contributed by atoms with van der Waals surface area (Å²) in [5.74, 6) is 0.746. The van der Waals surface area contributed by atoms with E-state index in [2.05, 4.69) is 5.32 Å². The Morgan fingerprint density at radius 1 is 1.22 bits per heavy atom. The molecule has 3 aromatic rings. The molecule has 1 aromatic heterocycles. The summed E-state index contributed by atoms with van der Waals surface area (Å²) >= 11 is 1.61. The Hall–Kier alpha value is -2.86. The number of hydrogen-bond acceptors (Lipinski definition) is 4. The lowest BCUT2D eigenvalue weighted by atomic mass is 9.89. The van der Waals surface area contributed by atoms with E-state index in [1.807, 2.05) is 35.7 Å². The largest absolute Gasteiger partial charge is 0.493 e. The van der Waals surface area contributed by atoms with Crippen LogP contribution in [0.3, 0.4) is 0 Å². The van der Waals surface area contributed by atoms with Crippen LogP contribution in [0.1, 0.15) is 28.3 Å². The van der Waals surface area contributed by atoms with Gasteiger partial charge >= 0.3 is 0 Å². The number of rotatable bonds is 5. The summed E-state index contributed by atoms with van der Waals surface area (Å²) < 4.78 is 25.0. The molecule has 4 rings (SSSR count). The van der Waals surface area contributed by atoms with Crippen molar-refractivity contribution in [2.75, 3.05) is 12.4 Å². The Kier molecular flexibility index (Phi) is 4.81. The number of anilines is 1. The molecule has 1 aliphatic rings. The second-order valence-electron chi connectivity index (χ2n) is 6.30. The molecule has 4 nitrogen and oxygen atoms in total. The fourth-order valence-corrected chi connectivity index (χ4v) is 4.30. The monoisotopic (exact) mass is 383 g/mol. The highest BCUT2D eigenvalue weighted by Gasteiger charge is 2.30. The molecule has 1 aliphatic heterocycles. The molecule has 0 spiro atoms. The fraction of sp³-hybridized carbons (Fsp3) is 0.190. The van der Waals surface area contributed by atoms with Crippen LogP contribution in [0.15, 0.2) is 53.9 Å². The summed E-state index contributed by atoms with van der Waals surface area (Å²) in [7, 11) is 1.58. The smallest absolute Gasteiger partial charge is 0.225 e. The third-order valence-electron chi connectivity index (χ3n) is 4.55. The third kappa shape index (κ3) is 3.53. The maximum Gasteiger partial charge on any atom is 0.225 e. The van der Waals surface area contributed by atoms with Gasteiger partial charge in [-0.2, -0.15) is 0 Å². The summed E-state index contributed by atoms with van der Waals surface area (Å²) in [6, 6.07) is 13.9. The van der Waals surface area contributed by atoms with E-state index in [4.69, 9.17) is 9.47 Å². The van der Waals surface area contributed by atoms with Crippen molar-refractivity contribution in [1.82, 2.24) is 0 Å². The molecule has 6 heteroatoms. The molecule has 1 atom stereocenters. The van der Waals surface area contributed by atoms with Crippen molar-refractivity contribution in [2.24, 2.45) is 0 Å². The number of amides is 1. The quantitative estimate of drug-likeness (QED) is 0.678. The normalized spacial score (nSPS) is 15.8. The van der Waals surface area contributed by atoms with Gasteiger partial charge in [-0.15, -0.1) is 11.3 Å². The van der Waals surface area contributed by atoms with E-state index in [1.54, 1.807) is 24.5 Å². The number of ether oxygens (including phenoxy) is 2. The molecule has 1 N–H and O–H groups in total. The Morgan fingerprint density at radius 3 is 2.89 bits per heavy atom. The lowest BCUT2D eigenvalue weighted by Gasteiger charge is -2.25. The molecule has 2 heterocycles. The Bertz CT molecular complexity index is 985. The number of fused-ring (bicyclic) bond motifs is 1. The van der Waals surface area contributed by atoms with Crippen LogP contribution in [0.2, 0.25) is 0 Å². The molecule has 0 bridgehead atoms. The van der Waals surface area contributed by atoms with Gasteiger partial charge in [0.05, 0.1) is 12.8 Å². The number of benzene rings is 2. The van der Waals surface area contributed by atoms with Gasteiger partial charge in [0.25, 0.3) is 0 Å². The lowest BCUT2D eigenvalue weighted by molar-refractivity contribution is -0.116. The van der Waals surface area contributed by atoms with Crippen molar-refractivity contribution in [3.8, 4) is 11.5 Å². The lowest BCUT2D eigenvalue weighted by Crippen LogP contribution is -2.22. The van der Waals surface area contributed by atoms with E-state index in [0.717, 1.165) is 21.7 Å². The van der Waals surface area contributed by atoms with Crippen molar-refractivity contribution < 1.29 is 18.7 Å². The van der Waals surface area contributed by atoms with E-state index in [9.17, 15) is 9.18 Å². The second kappa shape index (κ2) is 7.40. The minimum atomic E-state index is -0.302. The molecule has 0 aliphatic carbocycles. The fourth-order valence-electron chi connectivity index (χ4n) is 3.33. The van der Waals surface area contributed by atoms with Gasteiger partial charge in [0, 0.05) is 22.8 Å². The van der Waals surface area contributed by atoms with Crippen molar-refractivity contribution in [1.29, 1.82) is 0 Å². The average Bonchev–Trinajstić information content (AvgIpc) is 3.13. The van der Waals surface area contributed by atoms with E-state index >= 15 is 0 Å². The van der Waals surface area contributed by atoms with Crippen molar-refractivity contribution in [3.05, 3.63) is 75.7 Å². The number of carbonyl (C=O) groups excluding carboxylic acids is 1. The van der Waals surface area contributed by atoms with Gasteiger partial charge in [-0.3, -0.25) is 4.79 Å². The van der Waals surface area contributed by atoms with Crippen molar-refractivity contribution in [2.45, 2.75) is 18.9 Å². The van der Waals surface area contributed by atoms with Crippen molar-refractivity contribution >= 4 is 22.9 Å². The van der Waals surface area contributed by atoms with Crippen LogP contribution in [-0.4, -0.2) is 13.0 Å². The Morgan fingerprint density at radius 2 is 2.07 bits per heavy atom. The molecule has 0 radical (unpaired) electrons. The van der Waals surface area contributed by atoms with Gasteiger partial charge in [-0.05, 0) is 35.2 Å². The predicted octanol–water partition coefficient (Wildman–Crippen LogP) is 4.95. The number of carbonyl (C=O) groups is 1. The van der Waals surface area contributed by atoms with Gasteiger partial charge in [-0.25, -0.2) is 4.39 Å². The molecular weight excluding hydrogens is 365 g/mol. The number of para-hydroxylation sites is 1. The van der Waals surface area contributed by atoms with Gasteiger partial charge in [0.15, 0.2) is 11.5 Å². The maximum atomic E-state index is 13.5. The summed E-state index contributed by atoms with van der Waals surface area (Å²) in [5.41, 5.74) is 2.47. The third-order valence-corrected chi connectivity index (χ3v) is 5.58. The van der Waals surface area contributed by atoms with E-state index in [-0.39, 0.29) is 24.2 Å². The topological polar surface area (TPSA) is 47.6 Å². The van der Waals surface area contributed by atoms with Crippen LogP contribution in [0, 0.1) is 5.82 Å². The van der Waals surface area contributed by atoms with Crippen LogP contribution >= 0.6 is 11.3 Å². The molecule has 0 saturated heterocycles. The standard InChI is InChI=1S/C21H18FNO3S/c1-25-18-7-3-6-15(16-11-19(24)23-17-8-9-27-21(16)17)20(18)26-12-13-4-2-5-14(22)10-13/h2-10,16H,11-12H2,1H3,(H,23,24)/t16-/m0/s1. The van der Waals surface area contributed by atoms with Gasteiger partial charge in [0.1, 0.15) is 12.4 Å². The zero-order chi connectivity index (χ0) is 18.8. The summed E-state index contributed by atoms with van der Waals surface area (Å²) in [6.45, 7) is 0.210. The first-order valence-electron chi connectivity index (χ1n) is 8.57. The second-order valence-corrected chi connectivity index (χ2v) is 7.25. The zero-order valence-corrected chi connectivity index (χ0v) is 15.5. The SMILES string of the molecule is COc1cccc([C@@H]2CC(=O)Nc3ccsc32)c1OCc1cccc(F)c1. The molecule has 0 saturated carbocycles. The molecule has 27 heavy (non-hydrogen) atoms. The van der Waals surface area contributed by atoms with Gasteiger partial charge in [-0.1, -0.05) is 24.3 Å². The summed E-state index contributed by atoms with van der Waals surface area (Å²) in [4.78, 5) is 13.3.